The first-order valence-electron chi connectivity index (χ1n) is 9.46. The molecule has 1 atom stereocenters. The van der Waals surface area contributed by atoms with Gasteiger partial charge >= 0.3 is 0 Å². The lowest BCUT2D eigenvalue weighted by atomic mass is 9.95. The first kappa shape index (κ1) is 18.1. The van der Waals surface area contributed by atoms with Gasteiger partial charge in [0.05, 0.1) is 11.7 Å². The van der Waals surface area contributed by atoms with Crippen molar-refractivity contribution in [1.29, 1.82) is 0 Å². The number of para-hydroxylation sites is 1. The third-order valence-corrected chi connectivity index (χ3v) is 5.65. The Balaban J connectivity index is 1.50. The van der Waals surface area contributed by atoms with Crippen molar-refractivity contribution in [3.8, 4) is 0 Å². The first-order chi connectivity index (χ1) is 13.2. The molecule has 1 saturated heterocycles. The van der Waals surface area contributed by atoms with Crippen LogP contribution in [0.4, 0.5) is 11.4 Å². The van der Waals surface area contributed by atoms with Crippen molar-refractivity contribution in [2.45, 2.75) is 19.4 Å². The summed E-state index contributed by atoms with van der Waals surface area (Å²) >= 11 is 6.13. The lowest BCUT2D eigenvalue weighted by Gasteiger charge is -2.43. The van der Waals surface area contributed by atoms with Gasteiger partial charge in [0.25, 0.3) is 0 Å². The molecular formula is C22H24ClN3O. The average Bonchev–Trinajstić information content (AvgIpc) is 2.70. The number of amides is 1. The highest BCUT2D eigenvalue weighted by Crippen LogP contribution is 2.31. The molecule has 5 heteroatoms. The fourth-order valence-corrected chi connectivity index (χ4v) is 4.23. The summed E-state index contributed by atoms with van der Waals surface area (Å²) in [7, 11) is 0. The Kier molecular flexibility index (Phi) is 5.19. The summed E-state index contributed by atoms with van der Waals surface area (Å²) < 4.78 is 0. The summed E-state index contributed by atoms with van der Waals surface area (Å²) in [5.41, 5.74) is 3.39. The molecule has 2 heterocycles. The Labute approximate surface area is 165 Å². The van der Waals surface area contributed by atoms with Gasteiger partial charge in [0, 0.05) is 43.1 Å². The van der Waals surface area contributed by atoms with Crippen LogP contribution in [0, 0.1) is 0 Å². The van der Waals surface area contributed by atoms with Gasteiger partial charge < -0.3 is 4.90 Å². The highest BCUT2D eigenvalue weighted by atomic mass is 35.5. The molecule has 0 aliphatic carbocycles. The van der Waals surface area contributed by atoms with Crippen molar-refractivity contribution >= 4 is 28.9 Å². The molecule has 1 fully saturated rings. The predicted molar refractivity (Wildman–Crippen MR) is 111 cm³/mol. The number of allylic oxidation sites excluding steroid dienone is 1. The largest absolute Gasteiger partial charge is 0.369 e. The molecule has 0 saturated carbocycles. The molecule has 0 aromatic heterocycles. The Hall–Kier alpha value is -2.30. The molecule has 4 rings (SSSR count). The third-order valence-electron chi connectivity index (χ3n) is 5.41. The molecule has 1 unspecified atom stereocenters. The van der Waals surface area contributed by atoms with Crippen LogP contribution in [-0.4, -0.2) is 43.0 Å². The minimum absolute atomic E-state index is 0.0994. The van der Waals surface area contributed by atoms with Crippen LogP contribution in [0.3, 0.4) is 0 Å². The molecule has 2 aromatic carbocycles. The maximum Gasteiger partial charge on any atom is 0.248 e. The lowest BCUT2D eigenvalue weighted by molar-refractivity contribution is -0.123. The molecular weight excluding hydrogens is 358 g/mol. The monoisotopic (exact) mass is 381 g/mol. The van der Waals surface area contributed by atoms with Crippen molar-refractivity contribution < 1.29 is 4.79 Å². The number of halogens is 1. The number of hydrogen-bond acceptors (Lipinski definition) is 3. The predicted octanol–water partition coefficient (Wildman–Crippen LogP) is 3.95. The Bertz CT molecular complexity index is 858. The van der Waals surface area contributed by atoms with E-state index in [0.29, 0.717) is 0 Å². The number of hydrogen-bond donors (Lipinski definition) is 0. The smallest absolute Gasteiger partial charge is 0.248 e. The fourth-order valence-electron chi connectivity index (χ4n) is 4.05. The lowest BCUT2D eigenvalue weighted by Crippen LogP contribution is -2.57. The van der Waals surface area contributed by atoms with Gasteiger partial charge in [-0.15, -0.1) is 0 Å². The minimum Gasteiger partial charge on any atom is -0.369 e. The van der Waals surface area contributed by atoms with Gasteiger partial charge in [0.2, 0.25) is 5.91 Å². The van der Waals surface area contributed by atoms with Crippen molar-refractivity contribution in [3.05, 3.63) is 71.4 Å². The van der Waals surface area contributed by atoms with E-state index in [-0.39, 0.29) is 11.9 Å². The summed E-state index contributed by atoms with van der Waals surface area (Å²) in [6.45, 7) is 5.48. The van der Waals surface area contributed by atoms with Gasteiger partial charge in [-0.3, -0.25) is 14.6 Å². The SMILES string of the molecule is C/C=C\N1C(=O)C(N2CCN(c3cccc(Cl)c3)CC2)Cc2ccccc21. The number of piperazine rings is 1. The van der Waals surface area contributed by atoms with Crippen LogP contribution in [0.25, 0.3) is 0 Å². The molecule has 27 heavy (non-hydrogen) atoms. The van der Waals surface area contributed by atoms with Crippen LogP contribution in [0.15, 0.2) is 60.8 Å². The molecule has 2 aromatic rings. The quantitative estimate of drug-likeness (QED) is 0.805. The summed E-state index contributed by atoms with van der Waals surface area (Å²) in [5, 5.41) is 0.760. The van der Waals surface area contributed by atoms with E-state index in [1.54, 1.807) is 0 Å². The van der Waals surface area contributed by atoms with Crippen LogP contribution >= 0.6 is 11.6 Å². The second-order valence-corrected chi connectivity index (χ2v) is 7.48. The summed E-state index contributed by atoms with van der Waals surface area (Å²) in [6.07, 6.45) is 4.59. The van der Waals surface area contributed by atoms with Crippen LogP contribution in [0.2, 0.25) is 5.02 Å². The number of rotatable bonds is 3. The number of nitrogens with zero attached hydrogens (tertiary/aromatic N) is 3. The highest BCUT2D eigenvalue weighted by Gasteiger charge is 2.36. The number of carbonyl (C=O) groups is 1. The van der Waals surface area contributed by atoms with Crippen LogP contribution in [0.1, 0.15) is 12.5 Å². The van der Waals surface area contributed by atoms with E-state index in [1.165, 1.54) is 5.56 Å². The van der Waals surface area contributed by atoms with Crippen LogP contribution in [-0.2, 0) is 11.2 Å². The molecule has 4 nitrogen and oxygen atoms in total. The topological polar surface area (TPSA) is 26.8 Å². The van der Waals surface area contributed by atoms with Gasteiger partial charge in [-0.25, -0.2) is 0 Å². The maximum atomic E-state index is 13.2. The molecule has 0 spiro atoms. The van der Waals surface area contributed by atoms with Crippen molar-refractivity contribution in [3.63, 3.8) is 0 Å². The Morgan fingerprint density at radius 3 is 2.56 bits per heavy atom. The Morgan fingerprint density at radius 2 is 1.81 bits per heavy atom. The standard InChI is InChI=1S/C22H24ClN3O/c1-2-10-26-20-9-4-3-6-17(20)15-21(22(26)27)25-13-11-24(12-14-25)19-8-5-7-18(23)16-19/h2-10,16,21H,11-15H2,1H3/b10-2-. The van der Waals surface area contributed by atoms with Gasteiger partial charge in [-0.1, -0.05) is 41.9 Å². The molecule has 0 N–H and O–H groups in total. The van der Waals surface area contributed by atoms with E-state index >= 15 is 0 Å². The molecule has 2 aliphatic rings. The molecule has 140 valence electrons. The van der Waals surface area contributed by atoms with Crippen LogP contribution in [0.5, 0.6) is 0 Å². The molecule has 0 bridgehead atoms. The summed E-state index contributed by atoms with van der Waals surface area (Å²) in [5.74, 6) is 0.169. The fraction of sp³-hybridized carbons (Fsp3) is 0.318. The zero-order chi connectivity index (χ0) is 18.8. The van der Waals surface area contributed by atoms with E-state index in [1.807, 2.05) is 54.4 Å². The van der Waals surface area contributed by atoms with E-state index in [9.17, 15) is 4.79 Å². The normalized spacial score (nSPS) is 21.0. The van der Waals surface area contributed by atoms with E-state index < -0.39 is 0 Å². The van der Waals surface area contributed by atoms with Gasteiger partial charge in [0.1, 0.15) is 0 Å². The average molecular weight is 382 g/mol. The summed E-state index contributed by atoms with van der Waals surface area (Å²) in [4.78, 5) is 19.7. The van der Waals surface area contributed by atoms with Gasteiger partial charge in [-0.2, -0.15) is 0 Å². The van der Waals surface area contributed by atoms with Crippen molar-refractivity contribution in [2.24, 2.45) is 0 Å². The number of carbonyl (C=O) groups excluding carboxylic acids is 1. The highest BCUT2D eigenvalue weighted by molar-refractivity contribution is 6.30. The second-order valence-electron chi connectivity index (χ2n) is 7.04. The van der Waals surface area contributed by atoms with Crippen molar-refractivity contribution in [2.75, 3.05) is 36.0 Å². The number of fused-ring (bicyclic) bond motifs is 1. The third kappa shape index (κ3) is 3.60. The zero-order valence-corrected chi connectivity index (χ0v) is 16.3. The number of benzene rings is 2. The van der Waals surface area contributed by atoms with Crippen LogP contribution < -0.4 is 9.80 Å². The van der Waals surface area contributed by atoms with Gasteiger partial charge in [0.15, 0.2) is 0 Å². The van der Waals surface area contributed by atoms with E-state index in [0.717, 1.165) is 49.0 Å². The second kappa shape index (κ2) is 7.75. The molecule has 0 radical (unpaired) electrons. The minimum atomic E-state index is -0.0994. The molecule has 2 aliphatic heterocycles. The summed E-state index contributed by atoms with van der Waals surface area (Å²) in [6, 6.07) is 16.1. The maximum absolute atomic E-state index is 13.2. The number of anilines is 2. The zero-order valence-electron chi connectivity index (χ0n) is 15.5. The van der Waals surface area contributed by atoms with E-state index in [4.69, 9.17) is 11.6 Å². The van der Waals surface area contributed by atoms with Crippen molar-refractivity contribution in [1.82, 2.24) is 4.90 Å². The Morgan fingerprint density at radius 1 is 1.04 bits per heavy atom. The van der Waals surface area contributed by atoms with E-state index in [2.05, 4.69) is 28.0 Å². The first-order valence-corrected chi connectivity index (χ1v) is 9.83. The molecule has 1 amide bonds. The van der Waals surface area contributed by atoms with Gasteiger partial charge in [-0.05, 0) is 43.2 Å².